The van der Waals surface area contributed by atoms with E-state index in [9.17, 15) is 14.4 Å². The molecular weight excluding hydrogens is 296 g/mol. The van der Waals surface area contributed by atoms with Crippen molar-refractivity contribution in [3.05, 3.63) is 16.1 Å². The summed E-state index contributed by atoms with van der Waals surface area (Å²) < 4.78 is 0. The molecule has 0 aliphatic carbocycles. The van der Waals surface area contributed by atoms with Gasteiger partial charge < -0.3 is 20.2 Å². The fraction of sp³-hybridized carbons (Fsp3) is 0.500. The molecule has 21 heavy (non-hydrogen) atoms. The summed E-state index contributed by atoms with van der Waals surface area (Å²) in [6, 6.07) is -0.286. The van der Waals surface area contributed by atoms with Gasteiger partial charge >= 0.3 is 12.0 Å². The summed E-state index contributed by atoms with van der Waals surface area (Å²) in [4.78, 5) is 41.1. The number of thiazole rings is 1. The normalized spacial score (nSPS) is 15.2. The Morgan fingerprint density at radius 3 is 2.86 bits per heavy atom. The Morgan fingerprint density at radius 2 is 2.24 bits per heavy atom. The van der Waals surface area contributed by atoms with Crippen molar-refractivity contribution in [2.75, 3.05) is 33.2 Å². The van der Waals surface area contributed by atoms with Gasteiger partial charge in [-0.05, 0) is 0 Å². The van der Waals surface area contributed by atoms with E-state index in [1.807, 2.05) is 0 Å². The molecule has 1 aliphatic heterocycles. The molecule has 2 heterocycles. The Balaban J connectivity index is 1.76. The molecule has 0 radical (unpaired) electrons. The third-order valence-corrected chi connectivity index (χ3v) is 4.04. The molecule has 114 valence electrons. The third kappa shape index (κ3) is 3.91. The third-order valence-electron chi connectivity index (χ3n) is 3.13. The van der Waals surface area contributed by atoms with Crippen molar-refractivity contribution in [1.29, 1.82) is 0 Å². The van der Waals surface area contributed by atoms with Crippen molar-refractivity contribution in [2.24, 2.45) is 0 Å². The SMILES string of the molecule is CN1CCN(C(=O)NCCc2nc(C(=O)O)cs2)CC1=O. The Hall–Kier alpha value is -2.16. The molecular formula is C12H16N4O4S. The van der Waals surface area contributed by atoms with E-state index < -0.39 is 5.97 Å². The molecule has 1 aliphatic rings. The van der Waals surface area contributed by atoms with E-state index in [0.717, 1.165) is 0 Å². The minimum Gasteiger partial charge on any atom is -0.476 e. The summed E-state index contributed by atoms with van der Waals surface area (Å²) in [7, 11) is 1.71. The first kappa shape index (κ1) is 15.2. The molecule has 2 rings (SSSR count). The fourth-order valence-corrected chi connectivity index (χ4v) is 2.62. The molecule has 0 bridgehead atoms. The number of urea groups is 1. The summed E-state index contributed by atoms with van der Waals surface area (Å²) in [6.45, 7) is 1.48. The molecule has 1 fully saturated rings. The monoisotopic (exact) mass is 312 g/mol. The van der Waals surface area contributed by atoms with Crippen LogP contribution in [0.4, 0.5) is 4.79 Å². The van der Waals surface area contributed by atoms with Gasteiger partial charge in [0, 0.05) is 38.5 Å². The lowest BCUT2D eigenvalue weighted by Gasteiger charge is -2.31. The van der Waals surface area contributed by atoms with Crippen molar-refractivity contribution < 1.29 is 19.5 Å². The smallest absolute Gasteiger partial charge is 0.355 e. The van der Waals surface area contributed by atoms with E-state index in [1.54, 1.807) is 11.9 Å². The van der Waals surface area contributed by atoms with E-state index in [-0.39, 0.29) is 24.2 Å². The Kier molecular flexibility index (Phi) is 4.73. The van der Waals surface area contributed by atoms with Crippen LogP contribution >= 0.6 is 11.3 Å². The number of likely N-dealkylation sites (N-methyl/N-ethyl adjacent to an activating group) is 1. The molecule has 0 aromatic carbocycles. The summed E-state index contributed by atoms with van der Waals surface area (Å²) in [5.41, 5.74) is 0.0194. The standard InChI is InChI=1S/C12H16N4O4S/c1-15-4-5-16(6-10(15)17)12(20)13-3-2-9-14-8(7-21-9)11(18)19/h7H,2-6H2,1H3,(H,13,20)(H,18,19). The number of hydrogen-bond acceptors (Lipinski definition) is 5. The molecule has 1 aromatic rings. The van der Waals surface area contributed by atoms with E-state index in [4.69, 9.17) is 5.11 Å². The zero-order valence-corrected chi connectivity index (χ0v) is 12.4. The van der Waals surface area contributed by atoms with Gasteiger partial charge in [-0.1, -0.05) is 0 Å². The maximum Gasteiger partial charge on any atom is 0.355 e. The van der Waals surface area contributed by atoms with Gasteiger partial charge in [-0.15, -0.1) is 11.3 Å². The Morgan fingerprint density at radius 1 is 1.48 bits per heavy atom. The van der Waals surface area contributed by atoms with Gasteiger partial charge in [-0.2, -0.15) is 0 Å². The second-order valence-electron chi connectivity index (χ2n) is 4.65. The molecule has 2 N–H and O–H groups in total. The minimum absolute atomic E-state index is 0.0194. The Bertz CT molecular complexity index is 559. The lowest BCUT2D eigenvalue weighted by molar-refractivity contribution is -0.133. The summed E-state index contributed by atoms with van der Waals surface area (Å²) >= 11 is 1.25. The maximum absolute atomic E-state index is 11.9. The Labute approximate surface area is 125 Å². The number of piperazine rings is 1. The predicted molar refractivity (Wildman–Crippen MR) is 75.4 cm³/mol. The molecule has 9 heteroatoms. The molecule has 0 atom stereocenters. The van der Waals surface area contributed by atoms with Crippen LogP contribution in [0, 0.1) is 0 Å². The highest BCUT2D eigenvalue weighted by molar-refractivity contribution is 7.09. The van der Waals surface area contributed by atoms with E-state index in [2.05, 4.69) is 10.3 Å². The number of carboxylic acid groups (broad SMARTS) is 1. The number of carbonyl (C=O) groups excluding carboxylic acids is 2. The van der Waals surface area contributed by atoms with E-state index >= 15 is 0 Å². The van der Waals surface area contributed by atoms with Crippen molar-refractivity contribution in [2.45, 2.75) is 6.42 Å². The van der Waals surface area contributed by atoms with Crippen molar-refractivity contribution in [3.63, 3.8) is 0 Å². The molecule has 0 spiro atoms. The second kappa shape index (κ2) is 6.53. The van der Waals surface area contributed by atoms with Crippen LogP contribution in [0.25, 0.3) is 0 Å². The van der Waals surface area contributed by atoms with Crippen molar-refractivity contribution in [3.8, 4) is 0 Å². The van der Waals surface area contributed by atoms with Crippen LogP contribution in [0.3, 0.4) is 0 Å². The largest absolute Gasteiger partial charge is 0.476 e. The number of amides is 3. The van der Waals surface area contributed by atoms with Gasteiger partial charge in [0.15, 0.2) is 5.69 Å². The predicted octanol–water partition coefficient (Wildman–Crippen LogP) is -0.133. The molecule has 3 amide bonds. The van der Waals surface area contributed by atoms with Gasteiger partial charge in [0.2, 0.25) is 5.91 Å². The highest BCUT2D eigenvalue weighted by atomic mass is 32.1. The molecule has 0 saturated carbocycles. The number of rotatable bonds is 4. The minimum atomic E-state index is -1.06. The topological polar surface area (TPSA) is 103 Å². The zero-order chi connectivity index (χ0) is 15.4. The number of carbonyl (C=O) groups is 3. The highest BCUT2D eigenvalue weighted by Crippen LogP contribution is 2.10. The average molecular weight is 312 g/mol. The van der Waals surface area contributed by atoms with Crippen molar-refractivity contribution in [1.82, 2.24) is 20.1 Å². The van der Waals surface area contributed by atoms with Crippen molar-refractivity contribution >= 4 is 29.2 Å². The highest BCUT2D eigenvalue weighted by Gasteiger charge is 2.24. The van der Waals surface area contributed by atoms with Gasteiger partial charge in [-0.3, -0.25) is 4.79 Å². The zero-order valence-electron chi connectivity index (χ0n) is 11.5. The van der Waals surface area contributed by atoms with E-state index in [1.165, 1.54) is 21.6 Å². The van der Waals surface area contributed by atoms with Crippen LogP contribution in [0.1, 0.15) is 15.5 Å². The average Bonchev–Trinajstić information content (AvgIpc) is 2.91. The summed E-state index contributed by atoms with van der Waals surface area (Å²) in [6.07, 6.45) is 0.464. The van der Waals surface area contributed by atoms with Crippen LogP contribution in [-0.2, 0) is 11.2 Å². The molecule has 0 unspecified atom stereocenters. The van der Waals surface area contributed by atoms with E-state index in [0.29, 0.717) is 31.1 Å². The maximum atomic E-state index is 11.9. The number of carboxylic acids is 1. The van der Waals surface area contributed by atoms with Gasteiger partial charge in [-0.25, -0.2) is 14.6 Å². The van der Waals surface area contributed by atoms with Crippen LogP contribution in [-0.4, -0.2) is 71.0 Å². The van der Waals surface area contributed by atoms with Gasteiger partial charge in [0.05, 0.1) is 5.01 Å². The lowest BCUT2D eigenvalue weighted by atomic mass is 10.3. The van der Waals surface area contributed by atoms with Crippen LogP contribution in [0.2, 0.25) is 0 Å². The van der Waals surface area contributed by atoms with Crippen LogP contribution in [0.5, 0.6) is 0 Å². The van der Waals surface area contributed by atoms with Gasteiger partial charge in [0.1, 0.15) is 6.54 Å². The number of aromatic carboxylic acids is 1. The number of hydrogen-bond donors (Lipinski definition) is 2. The lowest BCUT2D eigenvalue weighted by Crippen LogP contribution is -2.53. The van der Waals surface area contributed by atoms with Crippen LogP contribution < -0.4 is 5.32 Å². The first-order valence-electron chi connectivity index (χ1n) is 6.42. The summed E-state index contributed by atoms with van der Waals surface area (Å²) in [5.74, 6) is -1.14. The number of nitrogens with zero attached hydrogens (tertiary/aromatic N) is 3. The molecule has 1 aromatic heterocycles. The van der Waals surface area contributed by atoms with Gasteiger partial charge in [0.25, 0.3) is 0 Å². The number of nitrogens with one attached hydrogen (secondary N) is 1. The quantitative estimate of drug-likeness (QED) is 0.806. The first-order chi connectivity index (χ1) is 9.97. The fourth-order valence-electron chi connectivity index (χ4n) is 1.84. The molecule has 8 nitrogen and oxygen atoms in total. The molecule has 1 saturated heterocycles. The first-order valence-corrected chi connectivity index (χ1v) is 7.30. The summed E-state index contributed by atoms with van der Waals surface area (Å²) in [5, 5.41) is 13.6. The number of aromatic nitrogens is 1. The van der Waals surface area contributed by atoms with Crippen LogP contribution in [0.15, 0.2) is 5.38 Å². The second-order valence-corrected chi connectivity index (χ2v) is 5.59.